The van der Waals surface area contributed by atoms with Crippen molar-refractivity contribution in [2.45, 2.75) is 27.3 Å². The average Bonchev–Trinajstić information content (AvgIpc) is 3.04. The summed E-state index contributed by atoms with van der Waals surface area (Å²) in [5.74, 6) is 0.230. The van der Waals surface area contributed by atoms with Gasteiger partial charge in [0.15, 0.2) is 4.80 Å². The number of aromatic nitrogens is 1. The molecule has 0 saturated carbocycles. The van der Waals surface area contributed by atoms with Crippen LogP contribution in [0.4, 0.5) is 5.69 Å². The van der Waals surface area contributed by atoms with Gasteiger partial charge in [-0.25, -0.2) is 0 Å². The SMILES string of the molecule is CCOCCn1c(=NC(=O)c2cccc([N+](=O)[O-])c2C)sc2cc(OCC)ccc21. The van der Waals surface area contributed by atoms with E-state index in [1.807, 2.05) is 36.6 Å². The highest BCUT2D eigenvalue weighted by atomic mass is 32.1. The molecule has 0 aliphatic rings. The van der Waals surface area contributed by atoms with Crippen molar-refractivity contribution >= 4 is 33.1 Å². The van der Waals surface area contributed by atoms with E-state index in [1.54, 1.807) is 13.0 Å². The third-order valence-corrected chi connectivity index (χ3v) is 5.60. The molecule has 0 radical (unpaired) electrons. The number of ether oxygens (including phenoxy) is 2. The summed E-state index contributed by atoms with van der Waals surface area (Å²) in [5.41, 5.74) is 1.34. The second-order valence-corrected chi connectivity index (χ2v) is 7.43. The summed E-state index contributed by atoms with van der Waals surface area (Å²) in [6.45, 7) is 7.56. The van der Waals surface area contributed by atoms with E-state index < -0.39 is 10.8 Å². The maximum Gasteiger partial charge on any atom is 0.280 e. The molecule has 0 unspecified atom stereocenters. The topological polar surface area (TPSA) is 96.0 Å². The Kier molecular flexibility index (Phi) is 6.96. The molecule has 3 rings (SSSR count). The van der Waals surface area contributed by atoms with Crippen LogP contribution in [-0.4, -0.2) is 35.2 Å². The number of fused-ring (bicyclic) bond motifs is 1. The van der Waals surface area contributed by atoms with Crippen molar-refractivity contribution in [3.05, 3.63) is 62.4 Å². The number of rotatable bonds is 8. The lowest BCUT2D eigenvalue weighted by atomic mass is 10.1. The zero-order valence-corrected chi connectivity index (χ0v) is 17.9. The Bertz CT molecular complexity index is 1150. The second-order valence-electron chi connectivity index (χ2n) is 6.42. The number of carbonyl (C=O) groups excluding carboxylic acids is 1. The molecule has 0 spiro atoms. The number of hydrogen-bond donors (Lipinski definition) is 0. The van der Waals surface area contributed by atoms with Gasteiger partial charge in [-0.15, -0.1) is 0 Å². The van der Waals surface area contributed by atoms with Gasteiger partial charge in [-0.1, -0.05) is 17.4 Å². The normalized spacial score (nSPS) is 11.8. The maximum atomic E-state index is 12.9. The molecule has 1 aromatic heterocycles. The van der Waals surface area contributed by atoms with E-state index in [2.05, 4.69) is 4.99 Å². The van der Waals surface area contributed by atoms with Crippen molar-refractivity contribution in [3.63, 3.8) is 0 Å². The van der Waals surface area contributed by atoms with Crippen molar-refractivity contribution in [2.24, 2.45) is 4.99 Å². The van der Waals surface area contributed by atoms with Crippen LogP contribution in [0.2, 0.25) is 0 Å². The largest absolute Gasteiger partial charge is 0.494 e. The molecule has 9 heteroatoms. The van der Waals surface area contributed by atoms with Gasteiger partial charge in [0, 0.05) is 24.8 Å². The summed E-state index contributed by atoms with van der Waals surface area (Å²) in [7, 11) is 0. The van der Waals surface area contributed by atoms with Crippen LogP contribution < -0.4 is 9.54 Å². The highest BCUT2D eigenvalue weighted by Gasteiger charge is 2.18. The summed E-state index contributed by atoms with van der Waals surface area (Å²) < 4.78 is 13.9. The molecule has 3 aromatic rings. The van der Waals surface area contributed by atoms with Crippen LogP contribution in [0.15, 0.2) is 41.4 Å². The van der Waals surface area contributed by atoms with E-state index in [-0.39, 0.29) is 11.3 Å². The fourth-order valence-corrected chi connectivity index (χ4v) is 4.19. The zero-order chi connectivity index (χ0) is 21.7. The molecule has 0 fully saturated rings. The quantitative estimate of drug-likeness (QED) is 0.305. The van der Waals surface area contributed by atoms with Gasteiger partial charge >= 0.3 is 0 Å². The van der Waals surface area contributed by atoms with Crippen LogP contribution in [0.3, 0.4) is 0 Å². The molecule has 0 aliphatic carbocycles. The Balaban J connectivity index is 2.09. The summed E-state index contributed by atoms with van der Waals surface area (Å²) in [6.07, 6.45) is 0. The number of carbonyl (C=O) groups is 1. The number of amides is 1. The number of thiazole rings is 1. The number of hydrogen-bond acceptors (Lipinski definition) is 6. The molecule has 0 saturated heterocycles. The highest BCUT2D eigenvalue weighted by Crippen LogP contribution is 2.24. The van der Waals surface area contributed by atoms with Gasteiger partial charge in [0.2, 0.25) is 0 Å². The van der Waals surface area contributed by atoms with E-state index in [4.69, 9.17) is 9.47 Å². The van der Waals surface area contributed by atoms with Gasteiger partial charge in [0.1, 0.15) is 5.75 Å². The Hall–Kier alpha value is -3.04. The van der Waals surface area contributed by atoms with Crippen molar-refractivity contribution in [3.8, 4) is 5.75 Å². The van der Waals surface area contributed by atoms with Crippen molar-refractivity contribution < 1.29 is 19.2 Å². The fourth-order valence-electron chi connectivity index (χ4n) is 3.11. The van der Waals surface area contributed by atoms with Gasteiger partial charge in [-0.2, -0.15) is 4.99 Å². The predicted molar refractivity (Wildman–Crippen MR) is 115 cm³/mol. The molecule has 1 heterocycles. The van der Waals surface area contributed by atoms with Crippen molar-refractivity contribution in [1.29, 1.82) is 0 Å². The summed E-state index contributed by atoms with van der Waals surface area (Å²) in [5, 5.41) is 11.2. The third kappa shape index (κ3) is 4.58. The van der Waals surface area contributed by atoms with Crippen LogP contribution in [0.1, 0.15) is 29.8 Å². The van der Waals surface area contributed by atoms with Gasteiger partial charge in [0.05, 0.1) is 33.9 Å². The first-order chi connectivity index (χ1) is 14.5. The minimum absolute atomic E-state index is 0.0991. The fraction of sp³-hybridized carbons (Fsp3) is 0.333. The number of benzene rings is 2. The third-order valence-electron chi connectivity index (χ3n) is 4.56. The van der Waals surface area contributed by atoms with Crippen LogP contribution in [0.25, 0.3) is 10.2 Å². The monoisotopic (exact) mass is 429 g/mol. The van der Waals surface area contributed by atoms with Crippen LogP contribution >= 0.6 is 11.3 Å². The Morgan fingerprint density at radius 2 is 2.03 bits per heavy atom. The molecule has 2 aromatic carbocycles. The number of nitro benzene ring substituents is 1. The van der Waals surface area contributed by atoms with Gasteiger partial charge in [-0.05, 0) is 45.0 Å². The lowest BCUT2D eigenvalue weighted by Crippen LogP contribution is -2.20. The van der Waals surface area contributed by atoms with Gasteiger partial charge in [0.25, 0.3) is 11.6 Å². The highest BCUT2D eigenvalue weighted by molar-refractivity contribution is 7.16. The first-order valence-electron chi connectivity index (χ1n) is 9.63. The van der Waals surface area contributed by atoms with Gasteiger partial charge in [-0.3, -0.25) is 14.9 Å². The van der Waals surface area contributed by atoms with Crippen LogP contribution in [0, 0.1) is 17.0 Å². The minimum Gasteiger partial charge on any atom is -0.494 e. The molecule has 0 N–H and O–H groups in total. The summed E-state index contributed by atoms with van der Waals surface area (Å²) in [4.78, 5) is 28.4. The number of nitro groups is 1. The molecule has 8 nitrogen and oxygen atoms in total. The standard InChI is InChI=1S/C21H23N3O5S/c1-4-28-12-11-23-18-10-9-15(29-5-2)13-19(18)30-21(23)22-20(25)16-7-6-8-17(14(16)3)24(26)27/h6-10,13H,4-5,11-12H2,1-3H3. The first kappa shape index (κ1) is 21.7. The minimum atomic E-state index is -0.516. The predicted octanol–water partition coefficient (Wildman–Crippen LogP) is 4.10. The first-order valence-corrected chi connectivity index (χ1v) is 10.4. The average molecular weight is 429 g/mol. The van der Waals surface area contributed by atoms with E-state index in [9.17, 15) is 14.9 Å². The van der Waals surface area contributed by atoms with E-state index in [0.717, 1.165) is 16.0 Å². The van der Waals surface area contributed by atoms with E-state index in [0.29, 0.717) is 36.7 Å². The molecular formula is C21H23N3O5S. The molecule has 158 valence electrons. The van der Waals surface area contributed by atoms with Crippen LogP contribution in [-0.2, 0) is 11.3 Å². The molecular weight excluding hydrogens is 406 g/mol. The molecule has 30 heavy (non-hydrogen) atoms. The Morgan fingerprint density at radius 3 is 2.73 bits per heavy atom. The van der Waals surface area contributed by atoms with Crippen molar-refractivity contribution in [2.75, 3.05) is 19.8 Å². The Morgan fingerprint density at radius 1 is 1.23 bits per heavy atom. The summed E-state index contributed by atoms with van der Waals surface area (Å²) in [6, 6.07) is 10.2. The zero-order valence-electron chi connectivity index (χ0n) is 17.1. The lowest BCUT2D eigenvalue weighted by Gasteiger charge is -2.07. The van der Waals surface area contributed by atoms with E-state index in [1.165, 1.54) is 23.5 Å². The van der Waals surface area contributed by atoms with Crippen LogP contribution in [0.5, 0.6) is 5.75 Å². The second kappa shape index (κ2) is 9.64. The molecule has 0 aliphatic heterocycles. The number of nitrogens with zero attached hydrogens (tertiary/aromatic N) is 3. The molecule has 0 bridgehead atoms. The van der Waals surface area contributed by atoms with Crippen molar-refractivity contribution in [1.82, 2.24) is 4.57 Å². The molecule has 0 atom stereocenters. The van der Waals surface area contributed by atoms with E-state index >= 15 is 0 Å². The smallest absolute Gasteiger partial charge is 0.280 e. The molecule has 1 amide bonds. The maximum absolute atomic E-state index is 12.9. The Labute approximate surface area is 177 Å². The lowest BCUT2D eigenvalue weighted by molar-refractivity contribution is -0.385. The van der Waals surface area contributed by atoms with Gasteiger partial charge < -0.3 is 14.0 Å². The summed E-state index contributed by atoms with van der Waals surface area (Å²) >= 11 is 1.37.